The monoisotopic (exact) mass is 404 g/mol. The summed E-state index contributed by atoms with van der Waals surface area (Å²) in [5.74, 6) is -1.91. The number of rotatable bonds is 4. The van der Waals surface area contributed by atoms with Crippen molar-refractivity contribution in [1.29, 1.82) is 0 Å². The van der Waals surface area contributed by atoms with Crippen molar-refractivity contribution < 1.29 is 18.4 Å². The fraction of sp³-hybridized carbons (Fsp3) is 0.0833. The highest BCUT2D eigenvalue weighted by atomic mass is 19.1. The zero-order valence-electron chi connectivity index (χ0n) is 16.4. The summed E-state index contributed by atoms with van der Waals surface area (Å²) in [7, 11) is 0. The van der Waals surface area contributed by atoms with Crippen LogP contribution < -0.4 is 10.2 Å². The molecular formula is C24H18F2N2O2. The molecule has 1 heterocycles. The maximum absolute atomic E-state index is 13.4. The molecule has 0 fully saturated rings. The third-order valence-corrected chi connectivity index (χ3v) is 4.80. The summed E-state index contributed by atoms with van der Waals surface area (Å²) in [5, 5.41) is 2.95. The highest BCUT2D eigenvalue weighted by molar-refractivity contribution is 6.46. The highest BCUT2D eigenvalue weighted by Crippen LogP contribution is 2.34. The van der Waals surface area contributed by atoms with Gasteiger partial charge in [0.15, 0.2) is 0 Å². The van der Waals surface area contributed by atoms with Crippen LogP contribution in [-0.2, 0) is 9.59 Å². The van der Waals surface area contributed by atoms with Gasteiger partial charge in [-0.05, 0) is 79.1 Å². The lowest BCUT2D eigenvalue weighted by Gasteiger charge is -2.17. The summed E-state index contributed by atoms with van der Waals surface area (Å²) < 4.78 is 26.7. The van der Waals surface area contributed by atoms with Gasteiger partial charge in [0.05, 0.1) is 11.3 Å². The van der Waals surface area contributed by atoms with Crippen LogP contribution in [0.1, 0.15) is 16.7 Å². The van der Waals surface area contributed by atoms with Gasteiger partial charge in [0.25, 0.3) is 11.8 Å². The smallest absolute Gasteiger partial charge is 0.282 e. The Kier molecular flexibility index (Phi) is 4.91. The highest BCUT2D eigenvalue weighted by Gasteiger charge is 2.40. The van der Waals surface area contributed by atoms with Gasteiger partial charge >= 0.3 is 0 Å². The molecule has 0 saturated carbocycles. The third-order valence-electron chi connectivity index (χ3n) is 4.80. The van der Waals surface area contributed by atoms with Gasteiger partial charge in [0, 0.05) is 5.69 Å². The molecule has 30 heavy (non-hydrogen) atoms. The molecule has 0 aliphatic carbocycles. The number of aryl methyl sites for hydroxylation is 2. The lowest BCUT2D eigenvalue weighted by atomic mass is 10.0. The number of hydrogen-bond acceptors (Lipinski definition) is 3. The van der Waals surface area contributed by atoms with Crippen LogP contribution in [0.2, 0.25) is 0 Å². The molecule has 2 amide bonds. The van der Waals surface area contributed by atoms with E-state index in [9.17, 15) is 18.4 Å². The summed E-state index contributed by atoms with van der Waals surface area (Å²) in [6, 6.07) is 16.3. The number of carbonyl (C=O) groups is 2. The molecule has 150 valence electrons. The molecule has 0 spiro atoms. The van der Waals surface area contributed by atoms with Crippen LogP contribution in [-0.4, -0.2) is 11.8 Å². The first kappa shape index (κ1) is 19.5. The number of nitrogens with one attached hydrogen (secondary N) is 1. The van der Waals surface area contributed by atoms with Crippen LogP contribution in [0.25, 0.3) is 5.57 Å². The minimum absolute atomic E-state index is 0.0531. The van der Waals surface area contributed by atoms with Gasteiger partial charge in [-0.1, -0.05) is 18.2 Å². The predicted octanol–water partition coefficient (Wildman–Crippen LogP) is 4.98. The summed E-state index contributed by atoms with van der Waals surface area (Å²) in [6.45, 7) is 3.76. The van der Waals surface area contributed by atoms with Gasteiger partial charge in [-0.3, -0.25) is 9.59 Å². The average molecular weight is 404 g/mol. The topological polar surface area (TPSA) is 49.4 Å². The van der Waals surface area contributed by atoms with Crippen LogP contribution in [0.15, 0.2) is 72.4 Å². The Morgan fingerprint density at radius 3 is 1.83 bits per heavy atom. The van der Waals surface area contributed by atoms with Crippen molar-refractivity contribution in [2.45, 2.75) is 13.8 Å². The molecule has 0 bridgehead atoms. The van der Waals surface area contributed by atoms with E-state index in [1.807, 2.05) is 19.9 Å². The van der Waals surface area contributed by atoms with E-state index in [4.69, 9.17) is 0 Å². The first-order valence-corrected chi connectivity index (χ1v) is 9.33. The molecule has 0 saturated heterocycles. The number of nitrogens with zero attached hydrogens (tertiary/aromatic N) is 1. The maximum atomic E-state index is 13.4. The summed E-state index contributed by atoms with van der Waals surface area (Å²) in [4.78, 5) is 27.7. The van der Waals surface area contributed by atoms with Crippen molar-refractivity contribution in [2.24, 2.45) is 0 Å². The number of anilines is 2. The van der Waals surface area contributed by atoms with Crippen molar-refractivity contribution in [3.05, 3.63) is 101 Å². The van der Waals surface area contributed by atoms with Gasteiger partial charge < -0.3 is 5.32 Å². The zero-order chi connectivity index (χ0) is 21.4. The van der Waals surface area contributed by atoms with Crippen LogP contribution in [0.3, 0.4) is 0 Å². The van der Waals surface area contributed by atoms with E-state index in [0.29, 0.717) is 16.9 Å². The number of amides is 2. The minimum Gasteiger partial charge on any atom is -0.350 e. The zero-order valence-corrected chi connectivity index (χ0v) is 16.4. The molecule has 0 aromatic heterocycles. The first-order valence-electron chi connectivity index (χ1n) is 9.33. The van der Waals surface area contributed by atoms with Gasteiger partial charge in [-0.2, -0.15) is 0 Å². The van der Waals surface area contributed by atoms with Crippen molar-refractivity contribution in [2.75, 3.05) is 10.2 Å². The van der Waals surface area contributed by atoms with Crippen LogP contribution >= 0.6 is 0 Å². The van der Waals surface area contributed by atoms with E-state index in [2.05, 4.69) is 5.32 Å². The van der Waals surface area contributed by atoms with E-state index in [0.717, 1.165) is 16.0 Å². The molecule has 1 aliphatic heterocycles. The van der Waals surface area contributed by atoms with Gasteiger partial charge in [0.2, 0.25) is 0 Å². The van der Waals surface area contributed by atoms with Crippen LogP contribution in [0.4, 0.5) is 20.2 Å². The average Bonchev–Trinajstić information content (AvgIpc) is 2.93. The number of carbonyl (C=O) groups excluding carboxylic acids is 2. The summed E-state index contributed by atoms with van der Waals surface area (Å²) >= 11 is 0. The Morgan fingerprint density at radius 2 is 1.27 bits per heavy atom. The van der Waals surface area contributed by atoms with Gasteiger partial charge in [-0.15, -0.1) is 0 Å². The Hall–Kier alpha value is -3.80. The van der Waals surface area contributed by atoms with Crippen molar-refractivity contribution in [3.8, 4) is 0 Å². The molecule has 4 rings (SSSR count). The second-order valence-corrected chi connectivity index (χ2v) is 7.18. The van der Waals surface area contributed by atoms with Crippen LogP contribution in [0, 0.1) is 25.5 Å². The predicted molar refractivity (Wildman–Crippen MR) is 112 cm³/mol. The van der Waals surface area contributed by atoms with E-state index in [1.54, 1.807) is 12.1 Å². The molecule has 0 radical (unpaired) electrons. The molecular weight excluding hydrogens is 386 g/mol. The number of imide groups is 1. The third kappa shape index (κ3) is 3.59. The summed E-state index contributed by atoms with van der Waals surface area (Å²) in [5.41, 5.74) is 3.32. The number of halogens is 2. The Morgan fingerprint density at radius 1 is 0.733 bits per heavy atom. The molecule has 3 aromatic rings. The second kappa shape index (κ2) is 7.55. The Labute approximate surface area is 172 Å². The van der Waals surface area contributed by atoms with E-state index in [1.165, 1.54) is 48.5 Å². The fourth-order valence-corrected chi connectivity index (χ4v) is 3.52. The molecule has 1 N–H and O–H groups in total. The van der Waals surface area contributed by atoms with E-state index < -0.39 is 23.4 Å². The molecule has 4 nitrogen and oxygen atoms in total. The second-order valence-electron chi connectivity index (χ2n) is 7.18. The van der Waals surface area contributed by atoms with Crippen molar-refractivity contribution >= 4 is 28.8 Å². The molecule has 1 aliphatic rings. The largest absolute Gasteiger partial charge is 0.350 e. The normalized spacial score (nSPS) is 13.9. The first-order chi connectivity index (χ1) is 14.3. The maximum Gasteiger partial charge on any atom is 0.282 e. The fourth-order valence-electron chi connectivity index (χ4n) is 3.52. The standard InChI is InChI=1S/C24H18F2N2O2/c1-14-11-15(2)13-20(12-14)28-23(29)21(16-3-5-17(25)6-4-16)22(24(28)30)27-19-9-7-18(26)8-10-19/h3-13,27H,1-2H3. The van der Waals surface area contributed by atoms with Gasteiger partial charge in [-0.25, -0.2) is 13.7 Å². The molecule has 0 unspecified atom stereocenters. The van der Waals surface area contributed by atoms with Crippen LogP contribution in [0.5, 0.6) is 0 Å². The van der Waals surface area contributed by atoms with Crippen molar-refractivity contribution in [1.82, 2.24) is 0 Å². The van der Waals surface area contributed by atoms with E-state index >= 15 is 0 Å². The quantitative estimate of drug-likeness (QED) is 0.624. The SMILES string of the molecule is Cc1cc(C)cc(N2C(=O)C(Nc3ccc(F)cc3)=C(c3ccc(F)cc3)C2=O)c1. The van der Waals surface area contributed by atoms with E-state index in [-0.39, 0.29) is 11.3 Å². The molecule has 0 atom stereocenters. The number of benzene rings is 3. The summed E-state index contributed by atoms with van der Waals surface area (Å²) in [6.07, 6.45) is 0. The van der Waals surface area contributed by atoms with Crippen molar-refractivity contribution in [3.63, 3.8) is 0 Å². The lowest BCUT2D eigenvalue weighted by molar-refractivity contribution is -0.120. The molecule has 6 heteroatoms. The Balaban J connectivity index is 1.83. The van der Waals surface area contributed by atoms with Gasteiger partial charge in [0.1, 0.15) is 17.3 Å². The lowest BCUT2D eigenvalue weighted by Crippen LogP contribution is -2.32. The minimum atomic E-state index is -0.534. The number of hydrogen-bond donors (Lipinski definition) is 1. The molecule has 3 aromatic carbocycles. The Bertz CT molecular complexity index is 1160.